The SMILES string of the molecule is COc1ccc(CC(N)CCO)cc1C. The highest BCUT2D eigenvalue weighted by atomic mass is 16.5. The smallest absolute Gasteiger partial charge is 0.121 e. The van der Waals surface area contributed by atoms with Crippen molar-refractivity contribution in [2.24, 2.45) is 5.73 Å². The second kappa shape index (κ2) is 5.73. The average Bonchev–Trinajstić information content (AvgIpc) is 2.18. The van der Waals surface area contributed by atoms with E-state index >= 15 is 0 Å². The van der Waals surface area contributed by atoms with Crippen molar-refractivity contribution in [2.45, 2.75) is 25.8 Å². The summed E-state index contributed by atoms with van der Waals surface area (Å²) in [6, 6.07) is 6.08. The maximum absolute atomic E-state index is 8.75. The molecule has 15 heavy (non-hydrogen) atoms. The van der Waals surface area contributed by atoms with E-state index in [1.807, 2.05) is 19.1 Å². The molecule has 1 aromatic rings. The number of hydrogen-bond acceptors (Lipinski definition) is 3. The molecule has 3 heteroatoms. The Morgan fingerprint density at radius 3 is 2.73 bits per heavy atom. The third kappa shape index (κ3) is 3.53. The Morgan fingerprint density at radius 2 is 2.20 bits per heavy atom. The quantitative estimate of drug-likeness (QED) is 0.767. The maximum Gasteiger partial charge on any atom is 0.121 e. The van der Waals surface area contributed by atoms with Crippen molar-refractivity contribution >= 4 is 0 Å². The van der Waals surface area contributed by atoms with Crippen LogP contribution >= 0.6 is 0 Å². The number of hydrogen-bond donors (Lipinski definition) is 2. The highest BCUT2D eigenvalue weighted by molar-refractivity contribution is 5.36. The Morgan fingerprint density at radius 1 is 1.47 bits per heavy atom. The van der Waals surface area contributed by atoms with Crippen LogP contribution in [0.3, 0.4) is 0 Å². The van der Waals surface area contributed by atoms with Crippen LogP contribution in [0.5, 0.6) is 5.75 Å². The third-order valence-corrected chi connectivity index (χ3v) is 2.46. The fourth-order valence-electron chi connectivity index (χ4n) is 1.64. The molecule has 0 amide bonds. The summed E-state index contributed by atoms with van der Waals surface area (Å²) in [6.07, 6.45) is 1.44. The zero-order valence-corrected chi connectivity index (χ0v) is 9.36. The number of methoxy groups -OCH3 is 1. The Balaban J connectivity index is 2.66. The lowest BCUT2D eigenvalue weighted by Crippen LogP contribution is -2.23. The van der Waals surface area contributed by atoms with Gasteiger partial charge in [0.1, 0.15) is 5.75 Å². The van der Waals surface area contributed by atoms with Gasteiger partial charge in [0.05, 0.1) is 7.11 Å². The number of benzene rings is 1. The van der Waals surface area contributed by atoms with E-state index in [9.17, 15) is 0 Å². The second-order valence-electron chi connectivity index (χ2n) is 3.78. The minimum atomic E-state index is 0.0304. The van der Waals surface area contributed by atoms with Crippen LogP contribution in [0.15, 0.2) is 18.2 Å². The van der Waals surface area contributed by atoms with Crippen molar-refractivity contribution in [2.75, 3.05) is 13.7 Å². The van der Waals surface area contributed by atoms with Crippen LogP contribution in [0.4, 0.5) is 0 Å². The molecule has 3 N–H and O–H groups in total. The van der Waals surface area contributed by atoms with Gasteiger partial charge in [0.15, 0.2) is 0 Å². The fraction of sp³-hybridized carbons (Fsp3) is 0.500. The summed E-state index contributed by atoms with van der Waals surface area (Å²) in [6.45, 7) is 2.16. The lowest BCUT2D eigenvalue weighted by molar-refractivity contribution is 0.275. The van der Waals surface area contributed by atoms with Crippen LogP contribution in [0.25, 0.3) is 0 Å². The predicted molar refractivity (Wildman–Crippen MR) is 61.1 cm³/mol. The summed E-state index contributed by atoms with van der Waals surface area (Å²) in [7, 11) is 1.67. The van der Waals surface area contributed by atoms with Gasteiger partial charge in [-0.05, 0) is 37.0 Å². The van der Waals surface area contributed by atoms with E-state index in [2.05, 4.69) is 6.07 Å². The van der Waals surface area contributed by atoms with Crippen LogP contribution in [0.1, 0.15) is 17.5 Å². The van der Waals surface area contributed by atoms with E-state index in [-0.39, 0.29) is 12.6 Å². The van der Waals surface area contributed by atoms with Crippen molar-refractivity contribution in [1.29, 1.82) is 0 Å². The van der Waals surface area contributed by atoms with Crippen LogP contribution < -0.4 is 10.5 Å². The van der Waals surface area contributed by atoms with Crippen LogP contribution in [0.2, 0.25) is 0 Å². The Bertz CT molecular complexity index is 312. The molecule has 0 bridgehead atoms. The van der Waals surface area contributed by atoms with E-state index in [1.165, 1.54) is 5.56 Å². The summed E-state index contributed by atoms with van der Waals surface area (Å²) in [5.74, 6) is 0.898. The van der Waals surface area contributed by atoms with E-state index in [0.29, 0.717) is 6.42 Å². The monoisotopic (exact) mass is 209 g/mol. The molecule has 0 aromatic heterocycles. The molecule has 0 spiro atoms. The maximum atomic E-state index is 8.75. The van der Waals surface area contributed by atoms with Gasteiger partial charge in [-0.15, -0.1) is 0 Å². The number of rotatable bonds is 5. The van der Waals surface area contributed by atoms with Gasteiger partial charge in [-0.1, -0.05) is 12.1 Å². The number of aryl methyl sites for hydroxylation is 1. The minimum Gasteiger partial charge on any atom is -0.496 e. The van der Waals surface area contributed by atoms with Crippen molar-refractivity contribution in [3.63, 3.8) is 0 Å². The molecule has 0 heterocycles. The average molecular weight is 209 g/mol. The van der Waals surface area contributed by atoms with Crippen molar-refractivity contribution in [3.05, 3.63) is 29.3 Å². The summed E-state index contributed by atoms with van der Waals surface area (Å²) < 4.78 is 5.18. The summed E-state index contributed by atoms with van der Waals surface area (Å²) >= 11 is 0. The molecule has 0 fully saturated rings. The van der Waals surface area contributed by atoms with E-state index in [0.717, 1.165) is 17.7 Å². The van der Waals surface area contributed by atoms with Gasteiger partial charge in [0.2, 0.25) is 0 Å². The Labute approximate surface area is 90.9 Å². The zero-order valence-electron chi connectivity index (χ0n) is 9.36. The highest BCUT2D eigenvalue weighted by Gasteiger charge is 2.05. The normalized spacial score (nSPS) is 12.5. The Kier molecular flexibility index (Phi) is 4.59. The predicted octanol–water partition coefficient (Wildman–Crippen LogP) is 1.26. The molecule has 0 aliphatic rings. The van der Waals surface area contributed by atoms with Crippen molar-refractivity contribution < 1.29 is 9.84 Å². The third-order valence-electron chi connectivity index (χ3n) is 2.46. The largest absolute Gasteiger partial charge is 0.496 e. The summed E-state index contributed by atoms with van der Waals surface area (Å²) in [4.78, 5) is 0. The van der Waals surface area contributed by atoms with Crippen LogP contribution in [-0.2, 0) is 6.42 Å². The lowest BCUT2D eigenvalue weighted by atomic mass is 10.0. The van der Waals surface area contributed by atoms with Gasteiger partial charge < -0.3 is 15.6 Å². The number of aliphatic hydroxyl groups is 1. The second-order valence-corrected chi connectivity index (χ2v) is 3.78. The van der Waals surface area contributed by atoms with Gasteiger partial charge in [-0.3, -0.25) is 0 Å². The molecule has 0 aliphatic carbocycles. The molecule has 0 radical (unpaired) electrons. The number of aliphatic hydroxyl groups excluding tert-OH is 1. The minimum absolute atomic E-state index is 0.0304. The molecule has 1 atom stereocenters. The van der Waals surface area contributed by atoms with Crippen LogP contribution in [-0.4, -0.2) is 24.9 Å². The van der Waals surface area contributed by atoms with E-state index in [4.69, 9.17) is 15.6 Å². The topological polar surface area (TPSA) is 55.5 Å². The van der Waals surface area contributed by atoms with Gasteiger partial charge in [-0.2, -0.15) is 0 Å². The molecule has 84 valence electrons. The molecule has 3 nitrogen and oxygen atoms in total. The molecule has 1 aromatic carbocycles. The first-order valence-electron chi connectivity index (χ1n) is 5.17. The number of ether oxygens (including phenoxy) is 1. The molecule has 0 saturated carbocycles. The van der Waals surface area contributed by atoms with Gasteiger partial charge in [-0.25, -0.2) is 0 Å². The summed E-state index contributed by atoms with van der Waals surface area (Å²) in [5, 5.41) is 8.75. The highest BCUT2D eigenvalue weighted by Crippen LogP contribution is 2.19. The number of nitrogens with two attached hydrogens (primary N) is 1. The molecule has 0 aliphatic heterocycles. The molecular weight excluding hydrogens is 190 g/mol. The van der Waals surface area contributed by atoms with Gasteiger partial charge in [0, 0.05) is 12.6 Å². The van der Waals surface area contributed by atoms with Crippen molar-refractivity contribution in [3.8, 4) is 5.75 Å². The first kappa shape index (κ1) is 12.0. The molecule has 0 saturated heterocycles. The first-order valence-corrected chi connectivity index (χ1v) is 5.17. The van der Waals surface area contributed by atoms with E-state index in [1.54, 1.807) is 7.11 Å². The molecule has 1 unspecified atom stereocenters. The summed E-state index contributed by atoms with van der Waals surface area (Å²) in [5.41, 5.74) is 8.15. The molecule has 1 rings (SSSR count). The van der Waals surface area contributed by atoms with Gasteiger partial charge >= 0.3 is 0 Å². The standard InChI is InChI=1S/C12H19NO2/c1-9-7-10(3-4-12(9)15-2)8-11(13)5-6-14/h3-4,7,11,14H,5-6,8,13H2,1-2H3. The fourth-order valence-corrected chi connectivity index (χ4v) is 1.64. The Hall–Kier alpha value is -1.06. The molecular formula is C12H19NO2. The van der Waals surface area contributed by atoms with Crippen molar-refractivity contribution in [1.82, 2.24) is 0 Å². The van der Waals surface area contributed by atoms with Crippen LogP contribution in [0, 0.1) is 6.92 Å². The van der Waals surface area contributed by atoms with Gasteiger partial charge in [0.25, 0.3) is 0 Å². The first-order chi connectivity index (χ1) is 7.17. The lowest BCUT2D eigenvalue weighted by Gasteiger charge is -2.11. The zero-order chi connectivity index (χ0) is 11.3. The van der Waals surface area contributed by atoms with E-state index < -0.39 is 0 Å².